The zero-order chi connectivity index (χ0) is 20.1. The number of ether oxygens (including phenoxy) is 1. The van der Waals surface area contributed by atoms with Crippen LogP contribution >= 0.6 is 0 Å². The van der Waals surface area contributed by atoms with E-state index in [4.69, 9.17) is 4.74 Å². The van der Waals surface area contributed by atoms with Gasteiger partial charge in [0.2, 0.25) is 10.0 Å². The number of Topliss-reactive ketones (excluding diaryl/α,β-unsaturated/α-hetero) is 1. The molecule has 0 spiro atoms. The van der Waals surface area contributed by atoms with E-state index in [0.29, 0.717) is 13.2 Å². The molecule has 2 aromatic rings. The molecular formula is C18H19N3O6S. The molecule has 0 aliphatic carbocycles. The van der Waals surface area contributed by atoms with Crippen molar-refractivity contribution < 1.29 is 22.9 Å². The monoisotopic (exact) mass is 405 g/mol. The van der Waals surface area contributed by atoms with Crippen molar-refractivity contribution in [1.82, 2.24) is 4.31 Å². The van der Waals surface area contributed by atoms with Crippen LogP contribution in [0.4, 0.5) is 11.4 Å². The number of rotatable bonds is 7. The zero-order valence-corrected chi connectivity index (χ0v) is 15.7. The Morgan fingerprint density at radius 3 is 2.57 bits per heavy atom. The molecule has 2 aromatic carbocycles. The molecule has 1 saturated heterocycles. The van der Waals surface area contributed by atoms with Crippen molar-refractivity contribution >= 4 is 27.2 Å². The molecule has 1 aliphatic rings. The first-order valence-corrected chi connectivity index (χ1v) is 10.0. The van der Waals surface area contributed by atoms with Crippen molar-refractivity contribution in [3.8, 4) is 0 Å². The van der Waals surface area contributed by atoms with Gasteiger partial charge in [-0.25, -0.2) is 8.42 Å². The maximum atomic E-state index is 12.7. The molecule has 3 rings (SSSR count). The van der Waals surface area contributed by atoms with E-state index in [2.05, 4.69) is 5.32 Å². The lowest BCUT2D eigenvalue weighted by molar-refractivity contribution is -0.383. The first-order valence-electron chi connectivity index (χ1n) is 8.58. The number of benzene rings is 2. The Bertz CT molecular complexity index is 986. The smallest absolute Gasteiger partial charge is 0.292 e. The maximum Gasteiger partial charge on any atom is 0.292 e. The third-order valence-electron chi connectivity index (χ3n) is 4.30. The minimum atomic E-state index is -3.71. The molecule has 0 atom stereocenters. The molecule has 148 valence electrons. The number of para-hydroxylation sites is 2. The van der Waals surface area contributed by atoms with Crippen LogP contribution in [0.1, 0.15) is 10.4 Å². The van der Waals surface area contributed by atoms with E-state index in [1.165, 1.54) is 46.8 Å². The van der Waals surface area contributed by atoms with Gasteiger partial charge in [-0.1, -0.05) is 24.3 Å². The van der Waals surface area contributed by atoms with Crippen molar-refractivity contribution in [1.29, 1.82) is 0 Å². The number of morpholine rings is 1. The molecule has 0 amide bonds. The molecule has 9 nitrogen and oxygen atoms in total. The van der Waals surface area contributed by atoms with Crippen molar-refractivity contribution in [2.24, 2.45) is 0 Å². The summed E-state index contributed by atoms with van der Waals surface area (Å²) in [5, 5.41) is 13.8. The van der Waals surface area contributed by atoms with E-state index < -0.39 is 14.9 Å². The average molecular weight is 405 g/mol. The molecule has 1 N–H and O–H groups in total. The van der Waals surface area contributed by atoms with Crippen LogP contribution in [0.2, 0.25) is 0 Å². The Morgan fingerprint density at radius 2 is 1.86 bits per heavy atom. The van der Waals surface area contributed by atoms with Crippen molar-refractivity contribution in [3.63, 3.8) is 0 Å². The molecule has 0 bridgehead atoms. The van der Waals surface area contributed by atoms with Crippen LogP contribution in [0, 0.1) is 10.1 Å². The minimum absolute atomic E-state index is 0.0333. The quantitative estimate of drug-likeness (QED) is 0.424. The van der Waals surface area contributed by atoms with E-state index in [9.17, 15) is 23.3 Å². The standard InChI is InChI=1S/C18H19N3O6S/c22-18(13-19-16-6-1-2-7-17(16)21(23)24)14-4-3-5-15(12-14)28(25,26)20-8-10-27-11-9-20/h1-7,12,19H,8-11,13H2. The number of carbonyl (C=O) groups excluding carboxylic acids is 1. The van der Waals surface area contributed by atoms with Gasteiger partial charge in [0, 0.05) is 24.7 Å². The first-order chi connectivity index (χ1) is 13.4. The summed E-state index contributed by atoms with van der Waals surface area (Å²) in [5.74, 6) is -0.378. The Hall–Kier alpha value is -2.82. The Balaban J connectivity index is 1.75. The highest BCUT2D eigenvalue weighted by atomic mass is 32.2. The minimum Gasteiger partial charge on any atom is -0.379 e. The van der Waals surface area contributed by atoms with Gasteiger partial charge in [0.05, 0.1) is 29.6 Å². The molecule has 0 saturated carbocycles. The number of anilines is 1. The third kappa shape index (κ3) is 4.35. The Labute approximate surface area is 162 Å². The lowest BCUT2D eigenvalue weighted by Gasteiger charge is -2.26. The number of nitro groups is 1. The summed E-state index contributed by atoms with van der Waals surface area (Å²) in [7, 11) is -3.71. The second kappa shape index (κ2) is 8.46. The van der Waals surface area contributed by atoms with Crippen LogP contribution in [-0.2, 0) is 14.8 Å². The molecule has 10 heteroatoms. The Morgan fingerprint density at radius 1 is 1.14 bits per heavy atom. The average Bonchev–Trinajstić information content (AvgIpc) is 2.73. The van der Waals surface area contributed by atoms with Crippen LogP contribution in [0.15, 0.2) is 53.4 Å². The van der Waals surface area contributed by atoms with Gasteiger partial charge in [0.15, 0.2) is 5.78 Å². The third-order valence-corrected chi connectivity index (χ3v) is 6.20. The SMILES string of the molecule is O=C(CNc1ccccc1[N+](=O)[O-])c1cccc(S(=O)(=O)N2CCOCC2)c1. The topological polar surface area (TPSA) is 119 Å². The van der Waals surface area contributed by atoms with Crippen LogP contribution in [0.5, 0.6) is 0 Å². The van der Waals surface area contributed by atoms with Gasteiger partial charge in [-0.15, -0.1) is 0 Å². The van der Waals surface area contributed by atoms with E-state index in [1.807, 2.05) is 0 Å². The summed E-state index contributed by atoms with van der Waals surface area (Å²) < 4.78 is 32.0. The number of nitrogens with zero attached hydrogens (tertiary/aromatic N) is 2. The van der Waals surface area contributed by atoms with Gasteiger partial charge in [0.1, 0.15) is 5.69 Å². The van der Waals surface area contributed by atoms with Gasteiger partial charge in [-0.2, -0.15) is 4.31 Å². The second-order valence-electron chi connectivity index (χ2n) is 6.10. The van der Waals surface area contributed by atoms with Crippen molar-refractivity contribution in [2.75, 3.05) is 38.2 Å². The fraction of sp³-hybridized carbons (Fsp3) is 0.278. The predicted molar refractivity (Wildman–Crippen MR) is 102 cm³/mol. The van der Waals surface area contributed by atoms with Crippen molar-refractivity contribution in [2.45, 2.75) is 4.90 Å². The predicted octanol–water partition coefficient (Wildman–Crippen LogP) is 1.91. The largest absolute Gasteiger partial charge is 0.379 e. The lowest BCUT2D eigenvalue weighted by Crippen LogP contribution is -2.40. The fourth-order valence-corrected chi connectivity index (χ4v) is 4.28. The maximum absolute atomic E-state index is 12.7. The molecule has 1 heterocycles. The fourth-order valence-electron chi connectivity index (χ4n) is 2.83. The molecular weight excluding hydrogens is 386 g/mol. The van der Waals surface area contributed by atoms with Gasteiger partial charge in [0.25, 0.3) is 5.69 Å². The van der Waals surface area contributed by atoms with Gasteiger partial charge in [-0.05, 0) is 18.2 Å². The van der Waals surface area contributed by atoms with Gasteiger partial charge in [-0.3, -0.25) is 14.9 Å². The summed E-state index contributed by atoms with van der Waals surface area (Å²) >= 11 is 0. The van der Waals surface area contributed by atoms with E-state index in [0.717, 1.165) is 0 Å². The molecule has 0 unspecified atom stereocenters. The molecule has 0 radical (unpaired) electrons. The summed E-state index contributed by atoms with van der Waals surface area (Å²) in [6, 6.07) is 11.8. The Kier molecular flexibility index (Phi) is 6.02. The zero-order valence-electron chi connectivity index (χ0n) is 14.9. The molecule has 28 heavy (non-hydrogen) atoms. The number of nitro benzene ring substituents is 1. The first kappa shape index (κ1) is 19.9. The van der Waals surface area contributed by atoms with Crippen LogP contribution < -0.4 is 5.32 Å². The molecule has 1 aliphatic heterocycles. The van der Waals surface area contributed by atoms with Crippen LogP contribution in [0.3, 0.4) is 0 Å². The lowest BCUT2D eigenvalue weighted by atomic mass is 10.1. The number of sulfonamides is 1. The summed E-state index contributed by atoms with van der Waals surface area (Å²) in [6.45, 7) is 0.987. The van der Waals surface area contributed by atoms with E-state index in [-0.39, 0.29) is 47.3 Å². The number of ketones is 1. The number of nitrogens with one attached hydrogen (secondary N) is 1. The van der Waals surface area contributed by atoms with E-state index in [1.54, 1.807) is 6.07 Å². The highest BCUT2D eigenvalue weighted by Crippen LogP contribution is 2.23. The number of hydrogen-bond donors (Lipinski definition) is 1. The van der Waals surface area contributed by atoms with Crippen molar-refractivity contribution in [3.05, 3.63) is 64.2 Å². The molecule has 0 aromatic heterocycles. The van der Waals surface area contributed by atoms with Gasteiger partial charge >= 0.3 is 0 Å². The number of hydrogen-bond acceptors (Lipinski definition) is 7. The van der Waals surface area contributed by atoms with E-state index >= 15 is 0 Å². The molecule has 1 fully saturated rings. The number of carbonyl (C=O) groups is 1. The van der Waals surface area contributed by atoms with Gasteiger partial charge < -0.3 is 10.1 Å². The second-order valence-corrected chi connectivity index (χ2v) is 8.03. The summed E-state index contributed by atoms with van der Waals surface area (Å²) in [6.07, 6.45) is 0. The van der Waals surface area contributed by atoms with Crippen LogP contribution in [-0.4, -0.2) is 56.3 Å². The van der Waals surface area contributed by atoms with Crippen LogP contribution in [0.25, 0.3) is 0 Å². The highest BCUT2D eigenvalue weighted by molar-refractivity contribution is 7.89. The summed E-state index contributed by atoms with van der Waals surface area (Å²) in [5.41, 5.74) is 0.289. The highest BCUT2D eigenvalue weighted by Gasteiger charge is 2.27. The normalized spacial score (nSPS) is 15.1. The summed E-state index contributed by atoms with van der Waals surface area (Å²) in [4.78, 5) is 23.0.